The molecule has 2 aliphatic heterocycles. The van der Waals surface area contributed by atoms with Crippen LogP contribution in [0.5, 0.6) is 0 Å². The van der Waals surface area contributed by atoms with Gasteiger partial charge < -0.3 is 0 Å². The monoisotopic (exact) mass is 352 g/mol. The van der Waals surface area contributed by atoms with Gasteiger partial charge in [-0.25, -0.2) is 0 Å². The van der Waals surface area contributed by atoms with E-state index in [0.29, 0.717) is 24.4 Å². The second-order valence-electron chi connectivity index (χ2n) is 6.30. The highest BCUT2D eigenvalue weighted by atomic mass is 19.4. The van der Waals surface area contributed by atoms with Crippen LogP contribution in [0.4, 0.5) is 13.2 Å². The lowest BCUT2D eigenvalue weighted by Gasteiger charge is -2.27. The van der Waals surface area contributed by atoms with Crippen LogP contribution in [0.2, 0.25) is 0 Å². The van der Waals surface area contributed by atoms with Crippen molar-refractivity contribution in [2.45, 2.75) is 43.7 Å². The Kier molecular flexibility index (Phi) is 3.74. The van der Waals surface area contributed by atoms with Crippen molar-refractivity contribution in [3.05, 3.63) is 24.0 Å². The Bertz CT molecular complexity index is 767. The second-order valence-corrected chi connectivity index (χ2v) is 6.30. The molecule has 0 spiro atoms. The zero-order valence-corrected chi connectivity index (χ0v) is 13.1. The van der Waals surface area contributed by atoms with E-state index in [1.54, 1.807) is 12.4 Å². The summed E-state index contributed by atoms with van der Waals surface area (Å²) < 4.78 is 39.2. The first-order chi connectivity index (χ1) is 12.0. The Morgan fingerprint density at radius 2 is 2.12 bits per heavy atom. The van der Waals surface area contributed by atoms with Crippen LogP contribution >= 0.6 is 0 Å². The first-order valence-electron chi connectivity index (χ1n) is 7.89. The van der Waals surface area contributed by atoms with Crippen molar-refractivity contribution in [2.75, 3.05) is 6.54 Å². The molecule has 8 nitrogen and oxygen atoms in total. The van der Waals surface area contributed by atoms with E-state index in [9.17, 15) is 13.2 Å². The summed E-state index contributed by atoms with van der Waals surface area (Å²) in [7, 11) is 0. The maximum Gasteiger partial charge on any atom is 0.437 e. The third-order valence-electron chi connectivity index (χ3n) is 4.60. The van der Waals surface area contributed by atoms with E-state index in [1.807, 2.05) is 11.0 Å². The molecule has 1 atom stereocenters. The summed E-state index contributed by atoms with van der Waals surface area (Å²) in [6.45, 7) is 1.25. The van der Waals surface area contributed by atoms with Gasteiger partial charge in [-0.05, 0) is 36.2 Å². The van der Waals surface area contributed by atoms with Gasteiger partial charge in [0.25, 0.3) is 5.66 Å². The molecule has 0 radical (unpaired) electrons. The van der Waals surface area contributed by atoms with Crippen LogP contribution in [0.25, 0.3) is 11.4 Å². The zero-order valence-electron chi connectivity index (χ0n) is 13.1. The van der Waals surface area contributed by atoms with Crippen molar-refractivity contribution in [3.63, 3.8) is 0 Å². The van der Waals surface area contributed by atoms with Gasteiger partial charge >= 0.3 is 6.18 Å². The lowest BCUT2D eigenvalue weighted by atomic mass is 10.0. The molecule has 2 aliphatic rings. The van der Waals surface area contributed by atoms with E-state index in [-0.39, 0.29) is 12.5 Å². The summed E-state index contributed by atoms with van der Waals surface area (Å²) in [6.07, 6.45) is 0.355. The van der Waals surface area contributed by atoms with Crippen molar-refractivity contribution in [1.82, 2.24) is 30.5 Å². The van der Waals surface area contributed by atoms with Gasteiger partial charge in [-0.3, -0.25) is 9.88 Å². The molecule has 4 heterocycles. The molecule has 25 heavy (non-hydrogen) atoms. The number of likely N-dealkylation sites (tertiary alicyclic amines) is 1. The molecule has 1 unspecified atom stereocenters. The van der Waals surface area contributed by atoms with E-state index in [1.165, 1.54) is 0 Å². The number of halogens is 3. The summed E-state index contributed by atoms with van der Waals surface area (Å²) >= 11 is 0. The predicted octanol–water partition coefficient (Wildman–Crippen LogP) is 2.34. The Balaban J connectivity index is 1.46. The molecule has 0 amide bonds. The van der Waals surface area contributed by atoms with Crippen molar-refractivity contribution in [1.29, 1.82) is 0 Å². The fourth-order valence-electron chi connectivity index (χ4n) is 3.25. The van der Waals surface area contributed by atoms with Gasteiger partial charge in [0.2, 0.25) is 5.82 Å². The molecule has 1 saturated heterocycles. The summed E-state index contributed by atoms with van der Waals surface area (Å²) in [5.74, 6) is 0.430. The molecular formula is C14H15F3N8. The van der Waals surface area contributed by atoms with Gasteiger partial charge in [0.05, 0.1) is 0 Å². The molecule has 0 aliphatic carbocycles. The average molecular weight is 352 g/mol. The zero-order chi connectivity index (χ0) is 17.5. The molecule has 1 fully saturated rings. The van der Waals surface area contributed by atoms with Crippen LogP contribution in [0.15, 0.2) is 28.7 Å². The van der Waals surface area contributed by atoms with Crippen LogP contribution in [-0.2, 0) is 6.54 Å². The number of tetrazole rings is 1. The summed E-state index contributed by atoms with van der Waals surface area (Å²) in [4.78, 5) is 6.20. The van der Waals surface area contributed by atoms with E-state index in [0.717, 1.165) is 18.5 Å². The highest BCUT2D eigenvalue weighted by molar-refractivity contribution is 5.52. The minimum Gasteiger partial charge on any atom is -0.296 e. The van der Waals surface area contributed by atoms with E-state index in [2.05, 4.69) is 35.8 Å². The van der Waals surface area contributed by atoms with Crippen LogP contribution < -0.4 is 0 Å². The number of pyridine rings is 1. The fourth-order valence-corrected chi connectivity index (χ4v) is 3.25. The maximum atomic E-state index is 13.1. The van der Waals surface area contributed by atoms with Crippen molar-refractivity contribution in [3.8, 4) is 11.4 Å². The maximum absolute atomic E-state index is 13.1. The first kappa shape index (κ1) is 16.1. The number of hydrogen-bond donors (Lipinski definition) is 1. The number of nitrogens with zero attached hydrogens (tertiary/aromatic N) is 7. The molecule has 0 aromatic carbocycles. The van der Waals surface area contributed by atoms with E-state index in [4.69, 9.17) is 0 Å². The first-order valence-corrected chi connectivity index (χ1v) is 7.89. The van der Waals surface area contributed by atoms with Gasteiger partial charge in [-0.15, -0.1) is 20.4 Å². The number of hydrogen-bond acceptors (Lipinski definition) is 7. The van der Waals surface area contributed by atoms with Crippen LogP contribution in [-0.4, -0.2) is 54.9 Å². The van der Waals surface area contributed by atoms with Crippen LogP contribution in [0, 0.1) is 0 Å². The van der Waals surface area contributed by atoms with Gasteiger partial charge in [-0.1, -0.05) is 0 Å². The fraction of sp³-hybridized carbons (Fsp3) is 0.571. The quantitative estimate of drug-likeness (QED) is 0.891. The molecule has 1 N–H and O–H groups in total. The molecule has 0 saturated carbocycles. The van der Waals surface area contributed by atoms with Gasteiger partial charge in [0, 0.05) is 37.0 Å². The lowest BCUT2D eigenvalue weighted by Crippen LogP contribution is -2.40. The highest BCUT2D eigenvalue weighted by Gasteiger charge is 2.64. The molecule has 2 aromatic heterocycles. The number of rotatable bonds is 5. The van der Waals surface area contributed by atoms with Crippen molar-refractivity contribution >= 4 is 0 Å². The number of alkyl halides is 3. The topological polar surface area (TPSA) is 95.3 Å². The Morgan fingerprint density at radius 3 is 2.80 bits per heavy atom. The number of H-pyrrole nitrogens is 1. The van der Waals surface area contributed by atoms with Gasteiger partial charge in [0.1, 0.15) is 0 Å². The summed E-state index contributed by atoms with van der Waals surface area (Å²) in [5, 5.41) is 20.3. The summed E-state index contributed by atoms with van der Waals surface area (Å²) in [5.41, 5.74) is -0.591. The number of aromatic nitrogens is 5. The van der Waals surface area contributed by atoms with E-state index < -0.39 is 11.8 Å². The van der Waals surface area contributed by atoms with Crippen molar-refractivity contribution < 1.29 is 13.2 Å². The standard InChI is InChI=1S/C14H15F3N8/c15-14(16,17)13(21-22-13)5-11-2-1-3-25(11)8-9-4-10(7-18-6-9)12-19-23-24-20-12/h4,6-7,11H,1-3,5,8H2,(H,19,20,23,24). The minimum absolute atomic E-state index is 0.117. The summed E-state index contributed by atoms with van der Waals surface area (Å²) in [6, 6.07) is 1.67. The van der Waals surface area contributed by atoms with E-state index >= 15 is 0 Å². The Hall–Kier alpha value is -2.43. The molecule has 132 valence electrons. The SMILES string of the molecule is FC(F)(F)C1(CC2CCCN2Cc2cncc(-c3nn[nH]n3)c2)N=N1. The largest absolute Gasteiger partial charge is 0.437 e. The minimum atomic E-state index is -4.42. The number of nitrogens with one attached hydrogen (secondary N) is 1. The smallest absolute Gasteiger partial charge is 0.296 e. The molecule has 2 aromatic rings. The van der Waals surface area contributed by atoms with Crippen molar-refractivity contribution in [2.24, 2.45) is 10.2 Å². The molecular weight excluding hydrogens is 337 g/mol. The predicted molar refractivity (Wildman–Crippen MR) is 79.1 cm³/mol. The van der Waals surface area contributed by atoms with Crippen LogP contribution in [0.3, 0.4) is 0 Å². The van der Waals surface area contributed by atoms with Gasteiger partial charge in [0.15, 0.2) is 0 Å². The van der Waals surface area contributed by atoms with Crippen LogP contribution in [0.1, 0.15) is 24.8 Å². The van der Waals surface area contributed by atoms with Gasteiger partial charge in [-0.2, -0.15) is 18.4 Å². The molecule has 4 rings (SSSR count). The Labute approximate surface area is 140 Å². The third-order valence-corrected chi connectivity index (χ3v) is 4.60. The highest BCUT2D eigenvalue weighted by Crippen LogP contribution is 2.49. The number of aromatic amines is 1. The third kappa shape index (κ3) is 3.11. The Morgan fingerprint density at radius 1 is 1.28 bits per heavy atom. The molecule has 11 heteroatoms. The normalized spacial score (nSPS) is 22.4. The lowest BCUT2D eigenvalue weighted by molar-refractivity contribution is -0.167. The average Bonchev–Trinajstić information content (AvgIpc) is 2.98. The molecule has 0 bridgehead atoms. The second kappa shape index (κ2) is 5.83.